The van der Waals surface area contributed by atoms with Crippen molar-refractivity contribution in [3.05, 3.63) is 72.6 Å². The highest BCUT2D eigenvalue weighted by molar-refractivity contribution is 8.00. The molecule has 0 aliphatic carbocycles. The molecule has 0 fully saturated rings. The number of nitrogens with zero attached hydrogens (tertiary/aromatic N) is 2. The zero-order chi connectivity index (χ0) is 17.9. The molecule has 7 heteroatoms. The number of carbonyl (C=O) groups is 1. The number of amides is 1. The van der Waals surface area contributed by atoms with E-state index >= 15 is 0 Å². The highest BCUT2D eigenvalue weighted by Gasteiger charge is 2.35. The van der Waals surface area contributed by atoms with Gasteiger partial charge in [-0.3, -0.25) is 4.79 Å². The van der Waals surface area contributed by atoms with Crippen LogP contribution in [0.2, 0.25) is 0 Å². The first-order chi connectivity index (χ1) is 12.7. The SMILES string of the molecule is O=C(CSc1ccc(O)cc1)N1N=C(c2ccco2)CC1c1ccco1. The van der Waals surface area contributed by atoms with E-state index in [4.69, 9.17) is 8.83 Å². The number of phenolic OH excluding ortho intramolecular Hbond substituents is 1. The molecular formula is C19H16N2O4S. The van der Waals surface area contributed by atoms with Crippen LogP contribution in [-0.4, -0.2) is 27.5 Å². The molecule has 132 valence electrons. The molecule has 1 atom stereocenters. The topological polar surface area (TPSA) is 79.2 Å². The van der Waals surface area contributed by atoms with Gasteiger partial charge in [-0.05, 0) is 48.5 Å². The van der Waals surface area contributed by atoms with Crippen molar-refractivity contribution >= 4 is 23.4 Å². The number of hydrogen-bond acceptors (Lipinski definition) is 6. The van der Waals surface area contributed by atoms with Gasteiger partial charge in [-0.25, -0.2) is 5.01 Å². The molecule has 1 amide bonds. The number of furan rings is 2. The van der Waals surface area contributed by atoms with Crippen LogP contribution in [0.5, 0.6) is 5.75 Å². The van der Waals surface area contributed by atoms with Crippen molar-refractivity contribution in [3.8, 4) is 5.75 Å². The fraction of sp³-hybridized carbons (Fsp3) is 0.158. The Hall–Kier alpha value is -2.93. The summed E-state index contributed by atoms with van der Waals surface area (Å²) in [6.45, 7) is 0. The highest BCUT2D eigenvalue weighted by Crippen LogP contribution is 2.34. The predicted octanol–water partition coefficient (Wildman–Crippen LogP) is 4.05. The molecule has 3 heterocycles. The van der Waals surface area contributed by atoms with Crippen molar-refractivity contribution < 1.29 is 18.7 Å². The third-order valence-corrected chi connectivity index (χ3v) is 5.04. The third-order valence-electron chi connectivity index (χ3n) is 4.04. The first-order valence-corrected chi connectivity index (χ1v) is 9.08. The molecule has 1 aliphatic heterocycles. The van der Waals surface area contributed by atoms with Crippen molar-refractivity contribution in [2.45, 2.75) is 17.4 Å². The lowest BCUT2D eigenvalue weighted by atomic mass is 10.1. The zero-order valence-corrected chi connectivity index (χ0v) is 14.6. The standard InChI is InChI=1S/C19H16N2O4S/c22-13-5-7-14(8-6-13)26-12-19(23)21-16(18-4-2-10-25-18)11-15(20-21)17-3-1-9-24-17/h1-10,16,22H,11-12H2. The zero-order valence-electron chi connectivity index (χ0n) is 13.7. The first kappa shape index (κ1) is 16.5. The van der Waals surface area contributed by atoms with E-state index in [2.05, 4.69) is 5.10 Å². The van der Waals surface area contributed by atoms with Gasteiger partial charge in [0.05, 0.1) is 18.3 Å². The maximum Gasteiger partial charge on any atom is 0.253 e. The summed E-state index contributed by atoms with van der Waals surface area (Å²) < 4.78 is 10.9. The Morgan fingerprint density at radius 3 is 2.62 bits per heavy atom. The predicted molar refractivity (Wildman–Crippen MR) is 97.0 cm³/mol. The molecule has 0 saturated carbocycles. The molecule has 26 heavy (non-hydrogen) atoms. The fourth-order valence-corrected chi connectivity index (χ4v) is 3.54. The summed E-state index contributed by atoms with van der Waals surface area (Å²) in [6.07, 6.45) is 3.72. The molecule has 4 rings (SSSR count). The summed E-state index contributed by atoms with van der Waals surface area (Å²) in [7, 11) is 0. The van der Waals surface area contributed by atoms with Crippen LogP contribution < -0.4 is 0 Å². The van der Waals surface area contributed by atoms with Crippen LogP contribution in [0.3, 0.4) is 0 Å². The van der Waals surface area contributed by atoms with Gasteiger partial charge < -0.3 is 13.9 Å². The van der Waals surface area contributed by atoms with Gasteiger partial charge >= 0.3 is 0 Å². The molecule has 1 N–H and O–H groups in total. The van der Waals surface area contributed by atoms with Crippen LogP contribution in [0.15, 0.2) is 79.9 Å². The van der Waals surface area contributed by atoms with Crippen LogP contribution in [0, 0.1) is 0 Å². The van der Waals surface area contributed by atoms with Crippen LogP contribution >= 0.6 is 11.8 Å². The lowest BCUT2D eigenvalue weighted by molar-refractivity contribution is -0.130. The molecule has 3 aromatic rings. The molecule has 6 nitrogen and oxygen atoms in total. The second kappa shape index (κ2) is 7.13. The van der Waals surface area contributed by atoms with Crippen LogP contribution in [0.25, 0.3) is 0 Å². The van der Waals surface area contributed by atoms with Crippen LogP contribution in [0.1, 0.15) is 24.0 Å². The number of hydrogen-bond donors (Lipinski definition) is 1. The second-order valence-corrected chi connectivity index (χ2v) is 6.83. The third kappa shape index (κ3) is 3.39. The summed E-state index contributed by atoms with van der Waals surface area (Å²) in [4.78, 5) is 13.7. The molecule has 2 aromatic heterocycles. The minimum atomic E-state index is -0.280. The first-order valence-electron chi connectivity index (χ1n) is 8.09. The van der Waals surface area contributed by atoms with E-state index in [0.717, 1.165) is 10.6 Å². The van der Waals surface area contributed by atoms with Gasteiger partial charge in [-0.2, -0.15) is 5.10 Å². The number of benzene rings is 1. The lowest BCUT2D eigenvalue weighted by Crippen LogP contribution is -2.28. The molecule has 0 saturated heterocycles. The maximum atomic E-state index is 12.8. The summed E-state index contributed by atoms with van der Waals surface area (Å²) in [5.41, 5.74) is 0.722. The Labute approximate surface area is 154 Å². The van der Waals surface area contributed by atoms with Crippen molar-refractivity contribution in [3.63, 3.8) is 0 Å². The number of aromatic hydroxyl groups is 1. The number of thioether (sulfide) groups is 1. The Bertz CT molecular complexity index is 902. The van der Waals surface area contributed by atoms with Gasteiger partial charge in [0.2, 0.25) is 0 Å². The molecular weight excluding hydrogens is 352 g/mol. The van der Waals surface area contributed by atoms with E-state index < -0.39 is 0 Å². The number of phenols is 1. The minimum Gasteiger partial charge on any atom is -0.508 e. The Morgan fingerprint density at radius 1 is 1.15 bits per heavy atom. The van der Waals surface area contributed by atoms with E-state index in [9.17, 15) is 9.90 Å². The van der Waals surface area contributed by atoms with Crippen molar-refractivity contribution in [2.24, 2.45) is 5.10 Å². The molecule has 1 unspecified atom stereocenters. The molecule has 0 radical (unpaired) electrons. The van der Waals surface area contributed by atoms with Gasteiger partial charge in [0.1, 0.15) is 29.0 Å². The van der Waals surface area contributed by atoms with Gasteiger partial charge in [-0.15, -0.1) is 11.8 Å². The summed E-state index contributed by atoms with van der Waals surface area (Å²) in [5, 5.41) is 15.3. The average molecular weight is 368 g/mol. The minimum absolute atomic E-state index is 0.119. The molecule has 0 bridgehead atoms. The van der Waals surface area contributed by atoms with E-state index in [1.165, 1.54) is 16.8 Å². The van der Waals surface area contributed by atoms with Crippen molar-refractivity contribution in [1.29, 1.82) is 0 Å². The average Bonchev–Trinajstić information content (AvgIpc) is 3.41. The normalized spacial score (nSPS) is 16.7. The van der Waals surface area contributed by atoms with Gasteiger partial charge in [-0.1, -0.05) is 0 Å². The summed E-state index contributed by atoms with van der Waals surface area (Å²) >= 11 is 1.40. The Kier molecular flexibility index (Phi) is 4.53. The smallest absolute Gasteiger partial charge is 0.253 e. The summed E-state index contributed by atoms with van der Waals surface area (Å²) in [6, 6.07) is 13.7. The number of hydrazone groups is 1. The van der Waals surface area contributed by atoms with E-state index in [1.807, 2.05) is 12.1 Å². The van der Waals surface area contributed by atoms with Crippen molar-refractivity contribution in [1.82, 2.24) is 5.01 Å². The maximum absolute atomic E-state index is 12.8. The summed E-state index contributed by atoms with van der Waals surface area (Å²) in [5.74, 6) is 1.66. The molecule has 0 spiro atoms. The van der Waals surface area contributed by atoms with E-state index in [-0.39, 0.29) is 23.5 Å². The number of carbonyl (C=O) groups excluding carboxylic acids is 1. The largest absolute Gasteiger partial charge is 0.508 e. The molecule has 1 aliphatic rings. The van der Waals surface area contributed by atoms with E-state index in [0.29, 0.717) is 17.9 Å². The Balaban J connectivity index is 1.52. The van der Waals surface area contributed by atoms with Gasteiger partial charge in [0, 0.05) is 11.3 Å². The number of rotatable bonds is 5. The van der Waals surface area contributed by atoms with Crippen LogP contribution in [0.4, 0.5) is 0 Å². The lowest BCUT2D eigenvalue weighted by Gasteiger charge is -2.19. The van der Waals surface area contributed by atoms with Gasteiger partial charge in [0.25, 0.3) is 5.91 Å². The Morgan fingerprint density at radius 2 is 1.92 bits per heavy atom. The molecule has 1 aromatic carbocycles. The van der Waals surface area contributed by atoms with Crippen molar-refractivity contribution in [2.75, 3.05) is 5.75 Å². The highest BCUT2D eigenvalue weighted by atomic mass is 32.2. The fourth-order valence-electron chi connectivity index (χ4n) is 2.79. The van der Waals surface area contributed by atoms with Gasteiger partial charge in [0.15, 0.2) is 0 Å². The van der Waals surface area contributed by atoms with E-state index in [1.54, 1.807) is 48.9 Å². The monoisotopic (exact) mass is 368 g/mol. The second-order valence-electron chi connectivity index (χ2n) is 5.78. The quantitative estimate of drug-likeness (QED) is 0.687. The van der Waals surface area contributed by atoms with Crippen LogP contribution in [-0.2, 0) is 4.79 Å².